The molecule has 0 rings (SSSR count). The predicted octanol–water partition coefficient (Wildman–Crippen LogP) is 1.27. The van der Waals surface area contributed by atoms with Gasteiger partial charge in [0.2, 0.25) is 0 Å². The van der Waals surface area contributed by atoms with Gasteiger partial charge in [-0.05, 0) is 17.8 Å². The van der Waals surface area contributed by atoms with Crippen molar-refractivity contribution in [2.24, 2.45) is 0 Å². The van der Waals surface area contributed by atoms with Crippen molar-refractivity contribution >= 4 is 19.9 Å². The monoisotopic (exact) mass is 170 g/mol. The predicted molar refractivity (Wildman–Crippen MR) is 48.5 cm³/mol. The normalized spacial score (nSPS) is 12.6. The topological polar surface area (TPSA) is 3.24 Å². The molecular formula is C7H16NSi2. The van der Waals surface area contributed by atoms with E-state index in [4.69, 9.17) is 0 Å². The molecule has 0 fully saturated rings. The van der Waals surface area contributed by atoms with Gasteiger partial charge in [-0.25, -0.2) is 0 Å². The SMILES string of the molecule is CCN(CC)[Si]C(C)(C)[Si]. The molecular weight excluding hydrogens is 154 g/mol. The molecule has 0 aliphatic heterocycles. The van der Waals surface area contributed by atoms with E-state index in [0.717, 1.165) is 22.8 Å². The third-order valence-corrected chi connectivity index (χ3v) is 3.04. The van der Waals surface area contributed by atoms with Crippen molar-refractivity contribution in [3.05, 3.63) is 0 Å². The molecule has 0 aromatic heterocycles. The van der Waals surface area contributed by atoms with Crippen molar-refractivity contribution in [3.63, 3.8) is 0 Å². The molecule has 0 aromatic rings. The number of hydrogen-bond acceptors (Lipinski definition) is 1. The second kappa shape index (κ2) is 4.31. The average Bonchev–Trinajstić information content (AvgIpc) is 1.81. The number of rotatable bonds is 4. The highest BCUT2D eigenvalue weighted by molar-refractivity contribution is 6.51. The Morgan fingerprint density at radius 3 is 1.80 bits per heavy atom. The Bertz CT molecular complexity index is 84.1. The van der Waals surface area contributed by atoms with E-state index < -0.39 is 0 Å². The van der Waals surface area contributed by atoms with E-state index >= 15 is 0 Å². The smallest absolute Gasteiger partial charge is 0.144 e. The fraction of sp³-hybridized carbons (Fsp3) is 1.00. The highest BCUT2D eigenvalue weighted by Crippen LogP contribution is 2.16. The van der Waals surface area contributed by atoms with Crippen LogP contribution < -0.4 is 0 Å². The third kappa shape index (κ3) is 5.20. The Morgan fingerprint density at radius 2 is 1.70 bits per heavy atom. The molecule has 0 atom stereocenters. The standard InChI is InChI=1S/C7H16NSi2/c1-5-8(6-2)10-7(3,4)9/h5-6H2,1-4H3. The highest BCUT2D eigenvalue weighted by Gasteiger charge is 2.15. The summed E-state index contributed by atoms with van der Waals surface area (Å²) in [5.74, 6) is 0. The van der Waals surface area contributed by atoms with Crippen molar-refractivity contribution in [3.8, 4) is 0 Å². The molecule has 0 N–H and O–H groups in total. The zero-order valence-electron chi connectivity index (χ0n) is 7.36. The molecule has 0 unspecified atom stereocenters. The molecule has 0 bridgehead atoms. The Kier molecular flexibility index (Phi) is 4.48. The second-order valence-corrected chi connectivity index (χ2v) is 6.77. The van der Waals surface area contributed by atoms with Crippen molar-refractivity contribution < 1.29 is 0 Å². The van der Waals surface area contributed by atoms with Crippen LogP contribution in [-0.2, 0) is 0 Å². The zero-order chi connectivity index (χ0) is 8.20. The molecule has 57 valence electrons. The van der Waals surface area contributed by atoms with Crippen LogP contribution in [0.5, 0.6) is 0 Å². The summed E-state index contributed by atoms with van der Waals surface area (Å²) >= 11 is 0. The van der Waals surface area contributed by atoms with Crippen LogP contribution in [0.2, 0.25) is 4.66 Å². The van der Waals surface area contributed by atoms with Crippen molar-refractivity contribution in [1.82, 2.24) is 4.57 Å². The molecule has 0 spiro atoms. The summed E-state index contributed by atoms with van der Waals surface area (Å²) in [5.41, 5.74) is 0. The maximum absolute atomic E-state index is 3.68. The summed E-state index contributed by atoms with van der Waals surface area (Å²) in [5, 5.41) is 0. The van der Waals surface area contributed by atoms with Crippen LogP contribution >= 0.6 is 0 Å². The lowest BCUT2D eigenvalue weighted by atomic mass is 10.5. The van der Waals surface area contributed by atoms with Crippen molar-refractivity contribution in [1.29, 1.82) is 0 Å². The Labute approximate surface area is 70.5 Å². The Balaban J connectivity index is 3.63. The first-order valence-electron chi connectivity index (χ1n) is 3.77. The van der Waals surface area contributed by atoms with Crippen LogP contribution in [0.15, 0.2) is 0 Å². The van der Waals surface area contributed by atoms with Gasteiger partial charge < -0.3 is 4.57 Å². The lowest BCUT2D eigenvalue weighted by Gasteiger charge is -2.25. The van der Waals surface area contributed by atoms with Gasteiger partial charge in [-0.2, -0.15) is 0 Å². The maximum Gasteiger partial charge on any atom is 0.144 e. The van der Waals surface area contributed by atoms with Crippen molar-refractivity contribution in [2.75, 3.05) is 13.1 Å². The van der Waals surface area contributed by atoms with Gasteiger partial charge in [-0.1, -0.05) is 27.7 Å². The van der Waals surface area contributed by atoms with Crippen LogP contribution in [0.25, 0.3) is 0 Å². The molecule has 5 radical (unpaired) electrons. The first-order chi connectivity index (χ1) is 4.49. The van der Waals surface area contributed by atoms with Gasteiger partial charge in [0.25, 0.3) is 0 Å². The zero-order valence-corrected chi connectivity index (χ0v) is 9.36. The third-order valence-electron chi connectivity index (χ3n) is 1.20. The van der Waals surface area contributed by atoms with Gasteiger partial charge in [0, 0.05) is 10.2 Å². The summed E-state index contributed by atoms with van der Waals surface area (Å²) in [6.07, 6.45) is 0. The molecule has 10 heavy (non-hydrogen) atoms. The first kappa shape index (κ1) is 10.4. The van der Waals surface area contributed by atoms with Gasteiger partial charge in [-0.3, -0.25) is 0 Å². The molecule has 0 aromatic carbocycles. The van der Waals surface area contributed by atoms with Gasteiger partial charge in [-0.15, -0.1) is 0 Å². The van der Waals surface area contributed by atoms with E-state index in [9.17, 15) is 0 Å². The fourth-order valence-electron chi connectivity index (χ4n) is 0.777. The van der Waals surface area contributed by atoms with Crippen LogP contribution in [0, 0.1) is 0 Å². The molecule has 0 aliphatic carbocycles. The minimum absolute atomic E-state index is 0.284. The minimum Gasteiger partial charge on any atom is -0.326 e. The fourth-order valence-corrected chi connectivity index (χ4v) is 2.36. The number of nitrogens with zero attached hydrogens (tertiary/aromatic N) is 1. The van der Waals surface area contributed by atoms with Crippen molar-refractivity contribution in [2.45, 2.75) is 32.4 Å². The quantitative estimate of drug-likeness (QED) is 0.575. The summed E-state index contributed by atoms with van der Waals surface area (Å²) in [6.45, 7) is 11.1. The molecule has 0 saturated heterocycles. The first-order valence-corrected chi connectivity index (χ1v) is 5.22. The lowest BCUT2D eigenvalue weighted by molar-refractivity contribution is 0.482. The van der Waals surface area contributed by atoms with Crippen LogP contribution in [0.3, 0.4) is 0 Å². The molecule has 0 saturated carbocycles. The minimum atomic E-state index is 0.284. The number of hydrogen-bond donors (Lipinski definition) is 0. The van der Waals surface area contributed by atoms with E-state index in [1.54, 1.807) is 0 Å². The summed E-state index contributed by atoms with van der Waals surface area (Å²) in [6, 6.07) is 0. The largest absolute Gasteiger partial charge is 0.326 e. The summed E-state index contributed by atoms with van der Waals surface area (Å²) < 4.78 is 2.72. The van der Waals surface area contributed by atoms with Crippen LogP contribution in [0.1, 0.15) is 27.7 Å². The summed E-state index contributed by atoms with van der Waals surface area (Å²) in [7, 11) is 4.56. The molecule has 0 heterocycles. The molecule has 3 heteroatoms. The molecule has 1 nitrogen and oxygen atoms in total. The van der Waals surface area contributed by atoms with E-state index in [2.05, 4.69) is 42.5 Å². The van der Waals surface area contributed by atoms with Gasteiger partial charge in [0.15, 0.2) is 0 Å². The van der Waals surface area contributed by atoms with E-state index in [1.807, 2.05) is 0 Å². The van der Waals surface area contributed by atoms with E-state index in [1.165, 1.54) is 0 Å². The lowest BCUT2D eigenvalue weighted by Crippen LogP contribution is -2.34. The Morgan fingerprint density at radius 1 is 1.30 bits per heavy atom. The highest BCUT2D eigenvalue weighted by atomic mass is 28.3. The molecule has 0 amide bonds. The molecule has 0 aliphatic rings. The average molecular weight is 170 g/mol. The van der Waals surface area contributed by atoms with Crippen LogP contribution in [0.4, 0.5) is 0 Å². The van der Waals surface area contributed by atoms with Gasteiger partial charge in [0.1, 0.15) is 9.68 Å². The van der Waals surface area contributed by atoms with Gasteiger partial charge in [0.05, 0.1) is 0 Å². The maximum atomic E-state index is 3.68. The second-order valence-electron chi connectivity index (χ2n) is 2.91. The summed E-state index contributed by atoms with van der Waals surface area (Å²) in [4.78, 5) is 0. The van der Waals surface area contributed by atoms with Gasteiger partial charge >= 0.3 is 0 Å². The van der Waals surface area contributed by atoms with E-state index in [-0.39, 0.29) is 4.66 Å². The van der Waals surface area contributed by atoms with E-state index in [0.29, 0.717) is 0 Å². The Hall–Kier alpha value is 0.394. The van der Waals surface area contributed by atoms with Crippen LogP contribution in [-0.4, -0.2) is 37.6 Å².